The van der Waals surface area contributed by atoms with Crippen molar-refractivity contribution in [3.8, 4) is 5.75 Å². The van der Waals surface area contributed by atoms with E-state index in [0.717, 1.165) is 30.0 Å². The van der Waals surface area contributed by atoms with Crippen LogP contribution in [0.3, 0.4) is 0 Å². The third kappa shape index (κ3) is 3.07. The van der Waals surface area contributed by atoms with Crippen LogP contribution in [0.25, 0.3) is 0 Å². The van der Waals surface area contributed by atoms with Crippen molar-refractivity contribution >= 4 is 11.6 Å². The minimum atomic E-state index is -0.0470. The van der Waals surface area contributed by atoms with Crippen molar-refractivity contribution in [2.75, 3.05) is 18.1 Å². The number of ether oxygens (including phenoxy) is 1. The average Bonchev–Trinajstić information content (AvgIpc) is 2.36. The molecule has 0 fully saturated rings. The zero-order valence-electron chi connectivity index (χ0n) is 11.8. The number of hydrogen-bond acceptors (Lipinski definition) is 3. The molecule has 1 amide bonds. The first-order valence-electron chi connectivity index (χ1n) is 6.81. The molecule has 19 heavy (non-hydrogen) atoms. The number of rotatable bonds is 4. The first-order chi connectivity index (χ1) is 8.99. The molecular weight excluding hydrogens is 240 g/mol. The van der Waals surface area contributed by atoms with E-state index in [4.69, 9.17) is 10.5 Å². The van der Waals surface area contributed by atoms with Crippen molar-refractivity contribution in [1.82, 2.24) is 0 Å². The Balaban J connectivity index is 2.30. The Kier molecular flexibility index (Phi) is 4.10. The van der Waals surface area contributed by atoms with Gasteiger partial charge in [-0.2, -0.15) is 0 Å². The first-order valence-corrected chi connectivity index (χ1v) is 6.81. The highest BCUT2D eigenvalue weighted by molar-refractivity contribution is 5.97. The Hall–Kier alpha value is -1.55. The van der Waals surface area contributed by atoms with E-state index in [0.29, 0.717) is 5.92 Å². The Labute approximate surface area is 114 Å². The lowest BCUT2D eigenvalue weighted by molar-refractivity contribution is -0.121. The molecule has 4 heteroatoms. The van der Waals surface area contributed by atoms with Gasteiger partial charge < -0.3 is 15.4 Å². The molecule has 0 bridgehead atoms. The fourth-order valence-electron chi connectivity index (χ4n) is 2.13. The van der Waals surface area contributed by atoms with Gasteiger partial charge in [-0.3, -0.25) is 4.79 Å². The van der Waals surface area contributed by atoms with E-state index in [2.05, 4.69) is 13.8 Å². The summed E-state index contributed by atoms with van der Waals surface area (Å²) in [6.07, 6.45) is 0.980. The molecule has 2 N–H and O–H groups in total. The second kappa shape index (κ2) is 5.61. The summed E-state index contributed by atoms with van der Waals surface area (Å²) >= 11 is 0. The predicted octanol–water partition coefficient (Wildman–Crippen LogP) is 2.48. The zero-order valence-corrected chi connectivity index (χ0v) is 11.8. The molecule has 0 spiro atoms. The molecule has 1 atom stereocenters. The fraction of sp³-hybridized carbons (Fsp3) is 0.533. The van der Waals surface area contributed by atoms with Gasteiger partial charge in [0.25, 0.3) is 5.91 Å². The van der Waals surface area contributed by atoms with Crippen molar-refractivity contribution in [1.29, 1.82) is 0 Å². The number of nitrogens with zero attached hydrogens (tertiary/aromatic N) is 1. The summed E-state index contributed by atoms with van der Waals surface area (Å²) in [5.41, 5.74) is 7.78. The minimum Gasteiger partial charge on any atom is -0.482 e. The molecular formula is C15H22N2O2. The normalized spacial score (nSPS) is 16.3. The molecule has 4 nitrogen and oxygen atoms in total. The molecule has 0 saturated heterocycles. The molecule has 1 aromatic rings. The van der Waals surface area contributed by atoms with Gasteiger partial charge in [0.15, 0.2) is 6.61 Å². The number of carbonyl (C=O) groups is 1. The summed E-state index contributed by atoms with van der Waals surface area (Å²) < 4.78 is 5.48. The van der Waals surface area contributed by atoms with E-state index in [-0.39, 0.29) is 18.6 Å². The van der Waals surface area contributed by atoms with Crippen LogP contribution in [-0.2, 0) is 4.79 Å². The highest BCUT2D eigenvalue weighted by Crippen LogP contribution is 2.34. The molecule has 0 aromatic heterocycles. The molecule has 1 unspecified atom stereocenters. The van der Waals surface area contributed by atoms with Gasteiger partial charge in [-0.05, 0) is 37.0 Å². The van der Waals surface area contributed by atoms with Crippen LogP contribution in [0, 0.1) is 5.92 Å². The van der Waals surface area contributed by atoms with E-state index in [9.17, 15) is 4.79 Å². The Morgan fingerprint density at radius 3 is 2.74 bits per heavy atom. The van der Waals surface area contributed by atoms with Crippen LogP contribution in [0.4, 0.5) is 5.69 Å². The number of benzene rings is 1. The second-order valence-electron chi connectivity index (χ2n) is 5.53. The largest absolute Gasteiger partial charge is 0.482 e. The topological polar surface area (TPSA) is 55.6 Å². The van der Waals surface area contributed by atoms with Crippen LogP contribution < -0.4 is 15.4 Å². The number of carbonyl (C=O) groups excluding carboxylic acids is 1. The molecule has 1 heterocycles. The molecule has 0 saturated carbocycles. The maximum atomic E-state index is 12.0. The number of nitrogens with two attached hydrogens (primary N) is 1. The summed E-state index contributed by atoms with van der Waals surface area (Å²) in [6.45, 7) is 7.11. The standard InChI is InChI=1S/C15H22N2O2/c1-10(2)6-7-17-13-8-12(11(3)16)4-5-14(13)19-9-15(17)18/h4-5,8,10-11H,6-7,9,16H2,1-3H3. The number of fused-ring (bicyclic) bond motifs is 1. The predicted molar refractivity (Wildman–Crippen MR) is 76.3 cm³/mol. The van der Waals surface area contributed by atoms with Crippen molar-refractivity contribution in [2.45, 2.75) is 33.2 Å². The highest BCUT2D eigenvalue weighted by atomic mass is 16.5. The third-order valence-electron chi connectivity index (χ3n) is 3.38. The van der Waals surface area contributed by atoms with Gasteiger partial charge >= 0.3 is 0 Å². The Morgan fingerprint density at radius 2 is 2.11 bits per heavy atom. The maximum Gasteiger partial charge on any atom is 0.265 e. The smallest absolute Gasteiger partial charge is 0.265 e. The van der Waals surface area contributed by atoms with Gasteiger partial charge in [-0.1, -0.05) is 19.9 Å². The lowest BCUT2D eigenvalue weighted by atomic mass is 10.1. The van der Waals surface area contributed by atoms with Crippen LogP contribution in [0.15, 0.2) is 18.2 Å². The van der Waals surface area contributed by atoms with Crippen molar-refractivity contribution in [3.05, 3.63) is 23.8 Å². The number of anilines is 1. The van der Waals surface area contributed by atoms with Gasteiger partial charge in [0.2, 0.25) is 0 Å². The number of hydrogen-bond donors (Lipinski definition) is 1. The third-order valence-corrected chi connectivity index (χ3v) is 3.38. The summed E-state index contributed by atoms with van der Waals surface area (Å²) in [6, 6.07) is 5.79. The van der Waals surface area contributed by atoms with Crippen LogP contribution in [0.5, 0.6) is 5.75 Å². The van der Waals surface area contributed by atoms with Gasteiger partial charge in [-0.25, -0.2) is 0 Å². The quantitative estimate of drug-likeness (QED) is 0.907. The molecule has 1 aliphatic heterocycles. The highest BCUT2D eigenvalue weighted by Gasteiger charge is 2.25. The van der Waals surface area contributed by atoms with Crippen molar-refractivity contribution in [3.63, 3.8) is 0 Å². The molecule has 0 radical (unpaired) electrons. The Morgan fingerprint density at radius 1 is 1.37 bits per heavy atom. The van der Waals surface area contributed by atoms with E-state index in [1.54, 1.807) is 0 Å². The fourth-order valence-corrected chi connectivity index (χ4v) is 2.13. The lowest BCUT2D eigenvalue weighted by Crippen LogP contribution is -2.39. The molecule has 0 aliphatic carbocycles. The van der Waals surface area contributed by atoms with E-state index >= 15 is 0 Å². The summed E-state index contributed by atoms with van der Waals surface area (Å²) in [4.78, 5) is 13.8. The second-order valence-corrected chi connectivity index (χ2v) is 5.53. The van der Waals surface area contributed by atoms with Crippen LogP contribution in [-0.4, -0.2) is 19.1 Å². The van der Waals surface area contributed by atoms with Crippen LogP contribution in [0.1, 0.15) is 38.8 Å². The van der Waals surface area contributed by atoms with Gasteiger partial charge in [-0.15, -0.1) is 0 Å². The van der Waals surface area contributed by atoms with E-state index < -0.39 is 0 Å². The molecule has 104 valence electrons. The molecule has 1 aromatic carbocycles. The van der Waals surface area contributed by atoms with Crippen molar-refractivity contribution in [2.24, 2.45) is 11.7 Å². The monoisotopic (exact) mass is 262 g/mol. The van der Waals surface area contributed by atoms with Gasteiger partial charge in [0, 0.05) is 12.6 Å². The summed E-state index contributed by atoms with van der Waals surface area (Å²) in [5.74, 6) is 1.36. The first kappa shape index (κ1) is 13.9. The molecule has 1 aliphatic rings. The summed E-state index contributed by atoms with van der Waals surface area (Å²) in [7, 11) is 0. The van der Waals surface area contributed by atoms with E-state index in [1.165, 1.54) is 0 Å². The van der Waals surface area contributed by atoms with Crippen LogP contribution in [0.2, 0.25) is 0 Å². The average molecular weight is 262 g/mol. The lowest BCUT2D eigenvalue weighted by Gasteiger charge is -2.30. The summed E-state index contributed by atoms with van der Waals surface area (Å²) in [5, 5.41) is 0. The zero-order chi connectivity index (χ0) is 14.0. The SMILES string of the molecule is CC(C)CCN1C(=O)COc2ccc(C(C)N)cc21. The Bertz CT molecular complexity index is 469. The van der Waals surface area contributed by atoms with Gasteiger partial charge in [0.1, 0.15) is 5.75 Å². The minimum absolute atomic E-state index is 0.0231. The molecule has 2 rings (SSSR count). The maximum absolute atomic E-state index is 12.0. The number of amides is 1. The van der Waals surface area contributed by atoms with Gasteiger partial charge in [0.05, 0.1) is 5.69 Å². The van der Waals surface area contributed by atoms with Crippen LogP contribution >= 0.6 is 0 Å². The van der Waals surface area contributed by atoms with Crippen molar-refractivity contribution < 1.29 is 9.53 Å². The van der Waals surface area contributed by atoms with E-state index in [1.807, 2.05) is 30.0 Å².